The van der Waals surface area contributed by atoms with E-state index in [2.05, 4.69) is 15.5 Å². The zero-order chi connectivity index (χ0) is 21.3. The summed E-state index contributed by atoms with van der Waals surface area (Å²) in [5, 5.41) is 12.7. The number of nitrogens with one attached hydrogen (secondary N) is 1. The molecule has 7 nitrogen and oxygen atoms in total. The minimum absolute atomic E-state index is 0.150. The fourth-order valence-electron chi connectivity index (χ4n) is 4.32. The molecule has 30 heavy (non-hydrogen) atoms. The number of aryl methyl sites for hydroxylation is 2. The van der Waals surface area contributed by atoms with E-state index in [0.29, 0.717) is 16.6 Å². The first kappa shape index (κ1) is 20.3. The van der Waals surface area contributed by atoms with Crippen molar-refractivity contribution in [2.75, 3.05) is 0 Å². The summed E-state index contributed by atoms with van der Waals surface area (Å²) >= 11 is 0. The first-order valence-electron chi connectivity index (χ1n) is 10.8. The quantitative estimate of drug-likeness (QED) is 0.670. The number of benzene rings is 1. The molecule has 7 heteroatoms. The van der Waals surface area contributed by atoms with Crippen LogP contribution >= 0.6 is 0 Å². The van der Waals surface area contributed by atoms with Crippen molar-refractivity contribution in [3.05, 3.63) is 52.1 Å². The molecule has 4 rings (SSSR count). The lowest BCUT2D eigenvalue weighted by molar-refractivity contribution is -0.125. The molecule has 2 heterocycles. The standard InChI is InChI=1S/C23H29N5O2/c1-15-21-20(16(2)27(26-21)19-13-9-6-10-14-19)23(30)28(25-15)17(3)22(29)24-18-11-7-4-5-8-12-18/h6,9-10,13-14,17-18H,4-5,7-8,11-12H2,1-3H3,(H,24,29). The average Bonchev–Trinajstić information content (AvgIpc) is 2.91. The Hall–Kier alpha value is -2.96. The molecule has 1 saturated carbocycles. The molecule has 1 N–H and O–H groups in total. The maximum Gasteiger partial charge on any atom is 0.278 e. The lowest BCUT2D eigenvalue weighted by atomic mass is 10.1. The Balaban J connectivity index is 1.69. The van der Waals surface area contributed by atoms with Gasteiger partial charge in [0.1, 0.15) is 11.6 Å². The summed E-state index contributed by atoms with van der Waals surface area (Å²) in [4.78, 5) is 26.2. The number of fused-ring (bicyclic) bond motifs is 1. The number of aromatic nitrogens is 4. The Morgan fingerprint density at radius 1 is 1.07 bits per heavy atom. The Morgan fingerprint density at radius 3 is 2.40 bits per heavy atom. The van der Waals surface area contributed by atoms with E-state index in [-0.39, 0.29) is 17.5 Å². The lowest BCUT2D eigenvalue weighted by Gasteiger charge is -2.20. The van der Waals surface area contributed by atoms with E-state index < -0.39 is 6.04 Å². The molecule has 0 bridgehead atoms. The highest BCUT2D eigenvalue weighted by Crippen LogP contribution is 2.21. The highest BCUT2D eigenvalue weighted by molar-refractivity contribution is 5.84. The molecule has 1 aliphatic rings. The molecular formula is C23H29N5O2. The molecule has 1 amide bonds. The van der Waals surface area contributed by atoms with Crippen molar-refractivity contribution in [2.24, 2.45) is 0 Å². The van der Waals surface area contributed by atoms with Crippen LogP contribution in [0.1, 0.15) is 62.9 Å². The predicted molar refractivity (Wildman–Crippen MR) is 117 cm³/mol. The molecule has 3 aromatic rings. The summed E-state index contributed by atoms with van der Waals surface area (Å²) in [7, 11) is 0. The molecular weight excluding hydrogens is 378 g/mol. The van der Waals surface area contributed by atoms with Crippen LogP contribution in [0.5, 0.6) is 0 Å². The number of carbonyl (C=O) groups is 1. The topological polar surface area (TPSA) is 81.8 Å². The van der Waals surface area contributed by atoms with Crippen LogP contribution in [0.25, 0.3) is 16.6 Å². The third-order valence-corrected chi connectivity index (χ3v) is 6.09. The maximum absolute atomic E-state index is 13.3. The Labute approximate surface area is 176 Å². The lowest BCUT2D eigenvalue weighted by Crippen LogP contribution is -2.42. The number of hydrogen-bond donors (Lipinski definition) is 1. The Bertz CT molecular complexity index is 1110. The minimum Gasteiger partial charge on any atom is -0.352 e. The van der Waals surface area contributed by atoms with Crippen molar-refractivity contribution < 1.29 is 4.79 Å². The summed E-state index contributed by atoms with van der Waals surface area (Å²) in [5.41, 5.74) is 2.57. The molecule has 158 valence electrons. The highest BCUT2D eigenvalue weighted by Gasteiger charge is 2.25. The van der Waals surface area contributed by atoms with E-state index in [9.17, 15) is 9.59 Å². The normalized spacial score (nSPS) is 16.4. The molecule has 1 atom stereocenters. The first-order chi connectivity index (χ1) is 14.5. The van der Waals surface area contributed by atoms with Crippen molar-refractivity contribution >= 4 is 16.8 Å². The maximum atomic E-state index is 13.3. The molecule has 0 radical (unpaired) electrons. The van der Waals surface area contributed by atoms with E-state index in [1.807, 2.05) is 44.2 Å². The molecule has 0 saturated heterocycles. The van der Waals surface area contributed by atoms with Gasteiger partial charge in [-0.15, -0.1) is 0 Å². The van der Waals surface area contributed by atoms with Crippen LogP contribution in [0.15, 0.2) is 35.1 Å². The van der Waals surface area contributed by atoms with Gasteiger partial charge in [0.2, 0.25) is 5.91 Å². The van der Waals surface area contributed by atoms with Crippen LogP contribution in [0, 0.1) is 13.8 Å². The van der Waals surface area contributed by atoms with Crippen molar-refractivity contribution in [3.8, 4) is 5.69 Å². The average molecular weight is 408 g/mol. The van der Waals surface area contributed by atoms with E-state index in [0.717, 1.165) is 37.1 Å². The van der Waals surface area contributed by atoms with Gasteiger partial charge in [-0.05, 0) is 45.7 Å². The summed E-state index contributed by atoms with van der Waals surface area (Å²) in [6, 6.07) is 9.21. The Morgan fingerprint density at radius 2 is 1.73 bits per heavy atom. The van der Waals surface area contributed by atoms with Gasteiger partial charge in [-0.25, -0.2) is 9.36 Å². The molecule has 1 aliphatic carbocycles. The number of nitrogens with zero attached hydrogens (tertiary/aromatic N) is 4. The number of para-hydroxylation sites is 1. The van der Waals surface area contributed by atoms with Gasteiger partial charge in [0, 0.05) is 6.04 Å². The molecule has 0 aliphatic heterocycles. The number of rotatable bonds is 4. The van der Waals surface area contributed by atoms with E-state index in [1.165, 1.54) is 17.5 Å². The third kappa shape index (κ3) is 3.76. The second kappa shape index (κ2) is 8.42. The largest absolute Gasteiger partial charge is 0.352 e. The van der Waals surface area contributed by atoms with Gasteiger partial charge in [-0.3, -0.25) is 9.59 Å². The number of amides is 1. The van der Waals surface area contributed by atoms with Crippen LogP contribution in [-0.2, 0) is 4.79 Å². The fourth-order valence-corrected chi connectivity index (χ4v) is 4.32. The van der Waals surface area contributed by atoms with Gasteiger partial charge in [-0.2, -0.15) is 10.2 Å². The van der Waals surface area contributed by atoms with Gasteiger partial charge in [0.25, 0.3) is 5.56 Å². The van der Waals surface area contributed by atoms with E-state index in [4.69, 9.17) is 0 Å². The van der Waals surface area contributed by atoms with Crippen molar-refractivity contribution in [1.82, 2.24) is 24.9 Å². The molecule has 0 spiro atoms. The van der Waals surface area contributed by atoms with Crippen LogP contribution in [0.3, 0.4) is 0 Å². The molecule has 1 aromatic carbocycles. The molecule has 1 unspecified atom stereocenters. The van der Waals surface area contributed by atoms with Crippen molar-refractivity contribution in [2.45, 2.75) is 71.4 Å². The van der Waals surface area contributed by atoms with Crippen LogP contribution in [-0.4, -0.2) is 31.5 Å². The van der Waals surface area contributed by atoms with Gasteiger partial charge in [0.05, 0.1) is 22.5 Å². The van der Waals surface area contributed by atoms with Gasteiger partial charge in [-0.1, -0.05) is 43.9 Å². The van der Waals surface area contributed by atoms with Crippen LogP contribution in [0.2, 0.25) is 0 Å². The predicted octanol–water partition coefficient (Wildman–Crippen LogP) is 3.60. The van der Waals surface area contributed by atoms with Gasteiger partial charge < -0.3 is 5.32 Å². The van der Waals surface area contributed by atoms with Crippen LogP contribution in [0.4, 0.5) is 0 Å². The Kier molecular flexibility index (Phi) is 5.70. The fraction of sp³-hybridized carbons (Fsp3) is 0.478. The third-order valence-electron chi connectivity index (χ3n) is 6.09. The number of hydrogen-bond acceptors (Lipinski definition) is 4. The summed E-state index contributed by atoms with van der Waals surface area (Å²) in [6.07, 6.45) is 6.73. The summed E-state index contributed by atoms with van der Waals surface area (Å²) in [5.74, 6) is -0.150. The molecule has 1 fully saturated rings. The van der Waals surface area contributed by atoms with Crippen LogP contribution < -0.4 is 10.9 Å². The summed E-state index contributed by atoms with van der Waals surface area (Å²) < 4.78 is 3.08. The zero-order valence-electron chi connectivity index (χ0n) is 17.9. The SMILES string of the molecule is Cc1nn(C(C)C(=O)NC2CCCCCC2)c(=O)c2c(C)n(-c3ccccc3)nc12. The second-order valence-corrected chi connectivity index (χ2v) is 8.26. The zero-order valence-corrected chi connectivity index (χ0v) is 17.9. The number of carbonyl (C=O) groups excluding carboxylic acids is 1. The van der Waals surface area contributed by atoms with Crippen molar-refractivity contribution in [3.63, 3.8) is 0 Å². The monoisotopic (exact) mass is 407 g/mol. The van der Waals surface area contributed by atoms with E-state index in [1.54, 1.807) is 11.6 Å². The smallest absolute Gasteiger partial charge is 0.278 e. The van der Waals surface area contributed by atoms with E-state index >= 15 is 0 Å². The minimum atomic E-state index is -0.677. The second-order valence-electron chi connectivity index (χ2n) is 8.26. The highest BCUT2D eigenvalue weighted by atomic mass is 16.2. The first-order valence-corrected chi connectivity index (χ1v) is 10.8. The van der Waals surface area contributed by atoms with Gasteiger partial charge >= 0.3 is 0 Å². The molecule has 2 aromatic heterocycles. The van der Waals surface area contributed by atoms with Crippen molar-refractivity contribution in [1.29, 1.82) is 0 Å². The van der Waals surface area contributed by atoms with Gasteiger partial charge in [0.15, 0.2) is 0 Å². The summed E-state index contributed by atoms with van der Waals surface area (Å²) in [6.45, 7) is 5.45.